The number of rotatable bonds is 5. The first-order chi connectivity index (χ1) is 22.9. The monoisotopic (exact) mass is 630 g/mol. The summed E-state index contributed by atoms with van der Waals surface area (Å²) in [6.45, 7) is 6.18. The largest absolute Gasteiger partial charge is 0.455 e. The molecule has 0 fully saturated rings. The van der Waals surface area contributed by atoms with Crippen molar-refractivity contribution in [2.75, 3.05) is 0 Å². The lowest BCUT2D eigenvalue weighted by Gasteiger charge is -2.14. The molecule has 0 bridgehead atoms. The summed E-state index contributed by atoms with van der Waals surface area (Å²) in [7, 11) is -3.46. The number of amidine groups is 1. The van der Waals surface area contributed by atoms with E-state index in [0.717, 1.165) is 61.0 Å². The molecule has 6 heteroatoms. The van der Waals surface area contributed by atoms with Crippen LogP contribution < -0.4 is 0 Å². The second-order valence-corrected chi connectivity index (χ2v) is 13.9. The van der Waals surface area contributed by atoms with Gasteiger partial charge in [0.2, 0.25) is 0 Å². The van der Waals surface area contributed by atoms with E-state index in [9.17, 15) is 8.42 Å². The van der Waals surface area contributed by atoms with Crippen LogP contribution in [0.3, 0.4) is 0 Å². The van der Waals surface area contributed by atoms with Crippen molar-refractivity contribution < 1.29 is 12.8 Å². The molecule has 1 aromatic heterocycles. The summed E-state index contributed by atoms with van der Waals surface area (Å²) in [6, 6.07) is 37.6. The van der Waals surface area contributed by atoms with Crippen LogP contribution in [0.5, 0.6) is 0 Å². The molecule has 0 N–H and O–H groups in total. The molecule has 228 valence electrons. The van der Waals surface area contributed by atoms with Crippen molar-refractivity contribution in [3.8, 4) is 11.1 Å². The van der Waals surface area contributed by atoms with E-state index < -0.39 is 15.1 Å². The summed E-state index contributed by atoms with van der Waals surface area (Å²) in [5.41, 5.74) is 8.17. The van der Waals surface area contributed by atoms with Crippen molar-refractivity contribution in [1.82, 2.24) is 0 Å². The SMILES string of the molecule is C=C(N=C(N=C(C)c1cccc2c1oc1ccc(-c3ccc4c(c3)S(=O)(=O)C3C=CC=CC43)cc12)c1ccccc1)c1ccccc1. The average molecular weight is 631 g/mol. The van der Waals surface area contributed by atoms with Crippen molar-refractivity contribution >= 4 is 49.0 Å². The Kier molecular flexibility index (Phi) is 6.96. The molecule has 0 saturated heterocycles. The molecule has 8 rings (SSSR count). The molecule has 2 aliphatic rings. The van der Waals surface area contributed by atoms with Crippen molar-refractivity contribution in [2.45, 2.75) is 23.0 Å². The van der Waals surface area contributed by atoms with Crippen molar-refractivity contribution in [1.29, 1.82) is 0 Å². The molecule has 1 aliphatic carbocycles. The molecular formula is C41H30N2O3S. The molecule has 2 heterocycles. The first-order valence-electron chi connectivity index (χ1n) is 15.5. The molecule has 47 heavy (non-hydrogen) atoms. The van der Waals surface area contributed by atoms with Crippen LogP contribution in [0.4, 0.5) is 0 Å². The molecule has 1 aliphatic heterocycles. The van der Waals surface area contributed by atoms with E-state index in [-0.39, 0.29) is 5.92 Å². The Balaban J connectivity index is 1.20. The quantitative estimate of drug-likeness (QED) is 0.141. The predicted octanol–water partition coefficient (Wildman–Crippen LogP) is 9.55. The third kappa shape index (κ3) is 4.98. The molecular weight excluding hydrogens is 601 g/mol. The Morgan fingerprint density at radius 1 is 0.723 bits per heavy atom. The number of benzene rings is 5. The van der Waals surface area contributed by atoms with Crippen LogP contribution in [-0.2, 0) is 9.84 Å². The van der Waals surface area contributed by atoms with Crippen LogP contribution in [0.1, 0.15) is 35.1 Å². The average Bonchev–Trinajstić information content (AvgIpc) is 3.60. The minimum atomic E-state index is -3.46. The topological polar surface area (TPSA) is 72.0 Å². The minimum absolute atomic E-state index is 0.137. The number of nitrogens with zero attached hydrogens (tertiary/aromatic N) is 2. The van der Waals surface area contributed by atoms with E-state index in [0.29, 0.717) is 16.4 Å². The highest BCUT2D eigenvalue weighted by Gasteiger charge is 2.43. The fourth-order valence-electron chi connectivity index (χ4n) is 6.59. The highest BCUT2D eigenvalue weighted by atomic mass is 32.2. The zero-order chi connectivity index (χ0) is 32.1. The first kappa shape index (κ1) is 28.9. The van der Waals surface area contributed by atoms with E-state index >= 15 is 0 Å². The van der Waals surface area contributed by atoms with Crippen LogP contribution in [0.2, 0.25) is 0 Å². The molecule has 5 nitrogen and oxygen atoms in total. The van der Waals surface area contributed by atoms with Gasteiger partial charge in [0.05, 0.1) is 21.6 Å². The van der Waals surface area contributed by atoms with E-state index in [1.807, 2.05) is 134 Å². The van der Waals surface area contributed by atoms with Crippen LogP contribution in [0, 0.1) is 0 Å². The van der Waals surface area contributed by atoms with Crippen LogP contribution in [0.15, 0.2) is 165 Å². The molecule has 6 aromatic rings. The second-order valence-electron chi connectivity index (χ2n) is 11.9. The summed E-state index contributed by atoms with van der Waals surface area (Å²) in [5.74, 6) is 0.422. The lowest BCUT2D eigenvalue weighted by molar-refractivity contribution is 0.592. The second kappa shape index (κ2) is 11.3. The molecule has 0 spiro atoms. The van der Waals surface area contributed by atoms with Crippen LogP contribution in [-0.4, -0.2) is 25.2 Å². The first-order valence-corrected chi connectivity index (χ1v) is 17.1. The third-order valence-corrected chi connectivity index (χ3v) is 11.1. The molecule has 0 saturated carbocycles. The van der Waals surface area contributed by atoms with Gasteiger partial charge in [-0.15, -0.1) is 0 Å². The summed E-state index contributed by atoms with van der Waals surface area (Å²) in [5, 5.41) is 1.37. The maximum Gasteiger partial charge on any atom is 0.186 e. The predicted molar refractivity (Wildman–Crippen MR) is 192 cm³/mol. The van der Waals surface area contributed by atoms with E-state index in [1.165, 1.54) is 0 Å². The van der Waals surface area contributed by atoms with Gasteiger partial charge in [0.15, 0.2) is 15.7 Å². The van der Waals surface area contributed by atoms with E-state index in [1.54, 1.807) is 6.08 Å². The van der Waals surface area contributed by atoms with Crippen molar-refractivity contribution in [3.05, 3.63) is 168 Å². The highest BCUT2D eigenvalue weighted by Crippen LogP contribution is 2.45. The number of furan rings is 1. The smallest absolute Gasteiger partial charge is 0.186 e. The summed E-state index contributed by atoms with van der Waals surface area (Å²) < 4.78 is 33.3. The van der Waals surface area contributed by atoms with Crippen LogP contribution >= 0.6 is 0 Å². The Morgan fingerprint density at radius 2 is 1.43 bits per heavy atom. The summed E-state index contributed by atoms with van der Waals surface area (Å²) >= 11 is 0. The number of allylic oxidation sites excluding steroid dienone is 3. The number of para-hydroxylation sites is 1. The van der Waals surface area contributed by atoms with Crippen molar-refractivity contribution in [3.63, 3.8) is 0 Å². The van der Waals surface area contributed by atoms with Gasteiger partial charge >= 0.3 is 0 Å². The molecule has 2 atom stereocenters. The van der Waals surface area contributed by atoms with Gasteiger partial charge in [-0.2, -0.15) is 0 Å². The van der Waals surface area contributed by atoms with Crippen molar-refractivity contribution in [2.24, 2.45) is 9.98 Å². The summed E-state index contributed by atoms with van der Waals surface area (Å²) in [4.78, 5) is 10.3. The maximum atomic E-state index is 13.4. The van der Waals surface area contributed by atoms with Crippen LogP contribution in [0.25, 0.3) is 38.8 Å². The fraction of sp³-hybridized carbons (Fsp3) is 0.0732. The highest BCUT2D eigenvalue weighted by molar-refractivity contribution is 7.92. The molecule has 5 aromatic carbocycles. The Morgan fingerprint density at radius 3 is 2.21 bits per heavy atom. The summed E-state index contributed by atoms with van der Waals surface area (Å²) in [6.07, 6.45) is 7.52. The van der Waals surface area contributed by atoms with Gasteiger partial charge in [-0.25, -0.2) is 18.4 Å². The third-order valence-electron chi connectivity index (χ3n) is 9.00. The standard InChI is InChI=1S/C41H30N2O3S/c1-26(28-12-5-3-6-13-28)42-41(29-14-7-4-8-15-29)43-27(2)32-17-11-18-35-36-24-30(21-23-37(36)46-40(32)35)31-20-22-34-33-16-9-10-19-38(33)47(44,45)39(34)25-31/h3-25,33,38H,1H2,2H3. The number of hydrogen-bond acceptors (Lipinski definition) is 4. The van der Waals surface area contributed by atoms with Gasteiger partial charge in [0, 0.05) is 27.8 Å². The van der Waals surface area contributed by atoms with Gasteiger partial charge in [-0.05, 0) is 53.4 Å². The maximum absolute atomic E-state index is 13.4. The lowest BCUT2D eigenvalue weighted by Crippen LogP contribution is -2.18. The molecule has 2 unspecified atom stereocenters. The Labute approximate surface area is 273 Å². The molecule has 0 amide bonds. The zero-order valence-corrected chi connectivity index (χ0v) is 26.5. The number of sulfone groups is 1. The normalized spacial score (nSPS) is 18.4. The molecule has 0 radical (unpaired) electrons. The number of aliphatic imine (C=N–C) groups is 2. The lowest BCUT2D eigenvalue weighted by atomic mass is 9.91. The number of fused-ring (bicyclic) bond motifs is 6. The van der Waals surface area contributed by atoms with E-state index in [2.05, 4.69) is 12.6 Å². The number of hydrogen-bond donors (Lipinski definition) is 0. The Bertz CT molecular complexity index is 2450. The zero-order valence-electron chi connectivity index (χ0n) is 25.7. The fourth-order valence-corrected chi connectivity index (χ4v) is 8.63. The van der Waals surface area contributed by atoms with Gasteiger partial charge in [-0.3, -0.25) is 0 Å². The van der Waals surface area contributed by atoms with Gasteiger partial charge in [0.25, 0.3) is 0 Å². The van der Waals surface area contributed by atoms with Gasteiger partial charge in [0.1, 0.15) is 11.2 Å². The van der Waals surface area contributed by atoms with E-state index in [4.69, 9.17) is 14.4 Å². The Hall–Kier alpha value is -5.59. The van der Waals surface area contributed by atoms with Gasteiger partial charge in [-0.1, -0.05) is 122 Å². The van der Waals surface area contributed by atoms with Gasteiger partial charge < -0.3 is 4.42 Å². The minimum Gasteiger partial charge on any atom is -0.455 e.